The highest BCUT2D eigenvalue weighted by Crippen LogP contribution is 2.30. The Bertz CT molecular complexity index is 514. The Balaban J connectivity index is 2.29. The van der Waals surface area contributed by atoms with Crippen LogP contribution in [0.3, 0.4) is 0 Å². The predicted octanol–water partition coefficient (Wildman–Crippen LogP) is 3.94. The Kier molecular flexibility index (Phi) is 5.06. The molecular weight excluding hydrogens is 338 g/mol. The summed E-state index contributed by atoms with van der Waals surface area (Å²) >= 11 is 3.14. The monoisotopic (exact) mass is 360 g/mol. The third-order valence-electron chi connectivity index (χ3n) is 4.11. The third-order valence-corrected chi connectivity index (χ3v) is 4.72. The lowest BCUT2D eigenvalue weighted by Gasteiger charge is -2.46. The summed E-state index contributed by atoms with van der Waals surface area (Å²) in [6, 6.07) is 3.30. The van der Waals surface area contributed by atoms with Crippen molar-refractivity contribution in [3.05, 3.63) is 33.8 Å². The number of nitrogens with one attached hydrogen (secondary N) is 1. The zero-order chi connectivity index (χ0) is 15.8. The molecule has 1 fully saturated rings. The molecular formula is C16H23BrF2N2. The molecule has 1 aliphatic rings. The van der Waals surface area contributed by atoms with Crippen molar-refractivity contribution in [2.45, 2.75) is 46.3 Å². The predicted molar refractivity (Wildman–Crippen MR) is 85.2 cm³/mol. The van der Waals surface area contributed by atoms with Crippen LogP contribution >= 0.6 is 15.9 Å². The first kappa shape index (κ1) is 16.8. The molecule has 1 saturated heterocycles. The number of nitrogens with zero attached hydrogens (tertiary/aromatic N) is 1. The molecule has 0 aromatic heterocycles. The summed E-state index contributed by atoms with van der Waals surface area (Å²) < 4.78 is 28.5. The molecule has 0 saturated carbocycles. The van der Waals surface area contributed by atoms with Gasteiger partial charge in [-0.3, -0.25) is 4.90 Å². The highest BCUT2D eigenvalue weighted by molar-refractivity contribution is 9.10. The summed E-state index contributed by atoms with van der Waals surface area (Å²) in [5, 5.41) is 3.46. The topological polar surface area (TPSA) is 15.3 Å². The van der Waals surface area contributed by atoms with E-state index < -0.39 is 11.6 Å². The summed E-state index contributed by atoms with van der Waals surface area (Å²) in [6.07, 6.45) is 0. The largest absolute Gasteiger partial charge is 0.311 e. The van der Waals surface area contributed by atoms with Crippen molar-refractivity contribution in [2.75, 3.05) is 13.1 Å². The minimum atomic E-state index is -0.492. The van der Waals surface area contributed by atoms with Crippen molar-refractivity contribution in [3.8, 4) is 0 Å². The van der Waals surface area contributed by atoms with Crippen LogP contribution in [0.15, 0.2) is 16.6 Å². The van der Waals surface area contributed by atoms with Crippen LogP contribution in [-0.4, -0.2) is 30.1 Å². The van der Waals surface area contributed by atoms with Crippen LogP contribution < -0.4 is 5.32 Å². The van der Waals surface area contributed by atoms with Crippen molar-refractivity contribution in [1.82, 2.24) is 10.2 Å². The smallest absolute Gasteiger partial charge is 0.144 e. The summed E-state index contributed by atoms with van der Waals surface area (Å²) in [5.74, 6) is -0.969. The van der Waals surface area contributed by atoms with Crippen molar-refractivity contribution in [1.29, 1.82) is 0 Å². The Hall–Kier alpha value is -0.520. The minimum absolute atomic E-state index is 0.0477. The van der Waals surface area contributed by atoms with E-state index in [1.807, 2.05) is 0 Å². The van der Waals surface area contributed by atoms with Crippen molar-refractivity contribution >= 4 is 15.9 Å². The van der Waals surface area contributed by atoms with E-state index in [1.165, 1.54) is 12.1 Å². The zero-order valence-electron chi connectivity index (χ0n) is 13.0. The molecule has 0 aliphatic carbocycles. The van der Waals surface area contributed by atoms with E-state index in [0.29, 0.717) is 17.1 Å². The van der Waals surface area contributed by atoms with Gasteiger partial charge in [-0.15, -0.1) is 0 Å². The van der Waals surface area contributed by atoms with Gasteiger partial charge >= 0.3 is 0 Å². The maximum absolute atomic E-state index is 14.2. The number of piperazine rings is 1. The molecule has 5 heteroatoms. The quantitative estimate of drug-likeness (QED) is 0.803. The van der Waals surface area contributed by atoms with E-state index in [-0.39, 0.29) is 17.0 Å². The van der Waals surface area contributed by atoms with Gasteiger partial charge in [-0.05, 0) is 40.4 Å². The van der Waals surface area contributed by atoms with Crippen molar-refractivity contribution in [3.63, 3.8) is 0 Å². The molecule has 21 heavy (non-hydrogen) atoms. The van der Waals surface area contributed by atoms with Gasteiger partial charge in [-0.1, -0.05) is 20.8 Å². The maximum atomic E-state index is 14.2. The second-order valence-electron chi connectivity index (χ2n) is 6.94. The van der Waals surface area contributed by atoms with Gasteiger partial charge in [0.05, 0.1) is 4.47 Å². The first-order valence-electron chi connectivity index (χ1n) is 7.30. The highest BCUT2D eigenvalue weighted by Gasteiger charge is 2.35. The highest BCUT2D eigenvalue weighted by atomic mass is 79.9. The first-order chi connectivity index (χ1) is 9.70. The molecule has 0 bridgehead atoms. The Morgan fingerprint density at radius 2 is 2.00 bits per heavy atom. The van der Waals surface area contributed by atoms with Crippen LogP contribution in [0.5, 0.6) is 0 Å². The summed E-state index contributed by atoms with van der Waals surface area (Å²) in [6.45, 7) is 10.5. The van der Waals surface area contributed by atoms with Crippen LogP contribution in [0.1, 0.15) is 33.3 Å². The number of rotatable bonds is 2. The van der Waals surface area contributed by atoms with E-state index in [9.17, 15) is 8.78 Å². The number of hydrogen-bond donors (Lipinski definition) is 1. The summed E-state index contributed by atoms with van der Waals surface area (Å²) in [4.78, 5) is 2.19. The van der Waals surface area contributed by atoms with Crippen LogP contribution in [0.4, 0.5) is 8.78 Å². The number of halogens is 3. The van der Waals surface area contributed by atoms with E-state index in [2.05, 4.69) is 53.8 Å². The second kappa shape index (κ2) is 6.31. The molecule has 0 radical (unpaired) electrons. The molecule has 2 rings (SSSR count). The van der Waals surface area contributed by atoms with Gasteiger partial charge in [0, 0.05) is 37.3 Å². The van der Waals surface area contributed by atoms with E-state index in [4.69, 9.17) is 0 Å². The minimum Gasteiger partial charge on any atom is -0.311 e. The molecule has 2 nitrogen and oxygen atoms in total. The number of benzene rings is 1. The van der Waals surface area contributed by atoms with Gasteiger partial charge in [0.25, 0.3) is 0 Å². The Morgan fingerprint density at radius 1 is 1.33 bits per heavy atom. The van der Waals surface area contributed by atoms with Gasteiger partial charge in [0.1, 0.15) is 11.6 Å². The average molecular weight is 361 g/mol. The Labute approximate surface area is 134 Å². The van der Waals surface area contributed by atoms with Gasteiger partial charge < -0.3 is 5.32 Å². The molecule has 1 aromatic carbocycles. The molecule has 2 unspecified atom stereocenters. The normalized spacial score (nSPS) is 24.3. The van der Waals surface area contributed by atoms with Crippen LogP contribution in [0, 0.1) is 17.0 Å². The van der Waals surface area contributed by atoms with Crippen LogP contribution in [0.25, 0.3) is 0 Å². The average Bonchev–Trinajstić information content (AvgIpc) is 2.38. The van der Waals surface area contributed by atoms with E-state index in [0.717, 1.165) is 13.1 Å². The maximum Gasteiger partial charge on any atom is 0.144 e. The fraction of sp³-hybridized carbons (Fsp3) is 0.625. The standard InChI is InChI=1S/C16H23BrF2N2/c1-10-8-21(14(7-20-10)16(2,3)4)9-11-13(18)6-5-12(17)15(11)19/h5-6,10,14,20H,7-9H2,1-4H3. The molecule has 0 spiro atoms. The molecule has 118 valence electrons. The molecule has 1 N–H and O–H groups in total. The van der Waals surface area contributed by atoms with Crippen molar-refractivity contribution in [2.24, 2.45) is 5.41 Å². The third kappa shape index (κ3) is 3.82. The molecule has 2 atom stereocenters. The van der Waals surface area contributed by atoms with E-state index in [1.54, 1.807) is 0 Å². The van der Waals surface area contributed by atoms with Crippen LogP contribution in [-0.2, 0) is 6.54 Å². The lowest BCUT2D eigenvalue weighted by molar-refractivity contribution is 0.0508. The second-order valence-corrected chi connectivity index (χ2v) is 7.80. The summed E-state index contributed by atoms with van der Waals surface area (Å²) in [5.41, 5.74) is 0.194. The molecule has 1 heterocycles. The summed E-state index contributed by atoms with van der Waals surface area (Å²) in [7, 11) is 0. The van der Waals surface area contributed by atoms with Crippen molar-refractivity contribution < 1.29 is 8.78 Å². The zero-order valence-corrected chi connectivity index (χ0v) is 14.6. The molecule has 1 aliphatic heterocycles. The Morgan fingerprint density at radius 3 is 2.62 bits per heavy atom. The fourth-order valence-corrected chi connectivity index (χ4v) is 3.30. The van der Waals surface area contributed by atoms with Crippen LogP contribution in [0.2, 0.25) is 0 Å². The number of hydrogen-bond acceptors (Lipinski definition) is 2. The van der Waals surface area contributed by atoms with E-state index >= 15 is 0 Å². The lowest BCUT2D eigenvalue weighted by atomic mass is 9.83. The van der Waals surface area contributed by atoms with Gasteiger partial charge in [0.15, 0.2) is 0 Å². The molecule has 0 amide bonds. The lowest BCUT2D eigenvalue weighted by Crippen LogP contribution is -2.59. The van der Waals surface area contributed by atoms with Gasteiger partial charge in [0.2, 0.25) is 0 Å². The SMILES string of the molecule is CC1CN(Cc2c(F)ccc(Br)c2F)C(C(C)(C)C)CN1. The first-order valence-corrected chi connectivity index (χ1v) is 8.09. The fourth-order valence-electron chi connectivity index (χ4n) is 2.93. The van der Waals surface area contributed by atoms with Gasteiger partial charge in [-0.25, -0.2) is 8.78 Å². The van der Waals surface area contributed by atoms with Gasteiger partial charge in [-0.2, -0.15) is 0 Å². The molecule has 1 aromatic rings.